The van der Waals surface area contributed by atoms with E-state index in [1.807, 2.05) is 0 Å². The van der Waals surface area contributed by atoms with Gasteiger partial charge in [-0.1, -0.05) is 25.3 Å². The molecule has 1 aromatic rings. The van der Waals surface area contributed by atoms with Crippen LogP contribution in [0.3, 0.4) is 0 Å². The average molecular weight is 329 g/mol. The van der Waals surface area contributed by atoms with Gasteiger partial charge in [0.25, 0.3) is 0 Å². The number of fused-ring (bicyclic) bond motifs is 1. The van der Waals surface area contributed by atoms with E-state index in [1.165, 1.54) is 50.9 Å². The summed E-state index contributed by atoms with van der Waals surface area (Å²) in [6, 6.07) is 6.91. The minimum absolute atomic E-state index is 0.396. The molecule has 3 heterocycles. The Labute approximate surface area is 146 Å². The quantitative estimate of drug-likeness (QED) is 0.849. The molecule has 2 aliphatic heterocycles. The van der Waals surface area contributed by atoms with Gasteiger partial charge in [0.1, 0.15) is 0 Å². The molecule has 24 heavy (non-hydrogen) atoms. The first-order valence-electron chi connectivity index (χ1n) is 9.78. The molecule has 0 bridgehead atoms. The third kappa shape index (κ3) is 3.81. The molecule has 3 fully saturated rings. The van der Waals surface area contributed by atoms with E-state index in [0.717, 1.165) is 37.9 Å². The van der Waals surface area contributed by atoms with Gasteiger partial charge in [-0.25, -0.2) is 0 Å². The molecule has 0 radical (unpaired) electrons. The maximum absolute atomic E-state index is 6.11. The number of rotatable bonds is 4. The van der Waals surface area contributed by atoms with Crippen molar-refractivity contribution in [1.29, 1.82) is 0 Å². The minimum atomic E-state index is 0.396. The van der Waals surface area contributed by atoms with E-state index in [0.29, 0.717) is 12.1 Å². The number of hydrogen-bond donors (Lipinski definition) is 0. The number of aryl methyl sites for hydroxylation is 1. The van der Waals surface area contributed by atoms with Crippen molar-refractivity contribution in [3.8, 4) is 0 Å². The third-order valence-corrected chi connectivity index (χ3v) is 6.04. The monoisotopic (exact) mass is 329 g/mol. The Kier molecular flexibility index (Phi) is 5.16. The molecule has 4 rings (SSSR count). The van der Waals surface area contributed by atoms with Crippen molar-refractivity contribution in [2.45, 2.75) is 57.7 Å². The van der Waals surface area contributed by atoms with Gasteiger partial charge in [0.05, 0.1) is 24.4 Å². The van der Waals surface area contributed by atoms with E-state index >= 15 is 0 Å². The highest BCUT2D eigenvalue weighted by Crippen LogP contribution is 2.29. The fourth-order valence-electron chi connectivity index (χ4n) is 4.81. The second-order valence-corrected chi connectivity index (χ2v) is 7.94. The molecule has 2 atom stereocenters. The van der Waals surface area contributed by atoms with Gasteiger partial charge in [-0.3, -0.25) is 14.8 Å². The summed E-state index contributed by atoms with van der Waals surface area (Å²) < 4.78 is 6.11. The summed E-state index contributed by atoms with van der Waals surface area (Å²) in [6.07, 6.45) is 7.59. The van der Waals surface area contributed by atoms with Crippen LogP contribution in [0.2, 0.25) is 0 Å². The van der Waals surface area contributed by atoms with E-state index in [4.69, 9.17) is 9.72 Å². The molecule has 0 unspecified atom stereocenters. The Hall–Kier alpha value is -0.970. The van der Waals surface area contributed by atoms with Crippen molar-refractivity contribution >= 4 is 0 Å². The van der Waals surface area contributed by atoms with E-state index in [9.17, 15) is 0 Å². The lowest BCUT2D eigenvalue weighted by atomic mass is 9.89. The Morgan fingerprint density at radius 1 is 1.17 bits per heavy atom. The first-order chi connectivity index (χ1) is 11.8. The molecular formula is C20H31N3O. The van der Waals surface area contributed by atoms with Crippen molar-refractivity contribution in [2.24, 2.45) is 5.92 Å². The van der Waals surface area contributed by atoms with Crippen LogP contribution in [0.5, 0.6) is 0 Å². The molecule has 0 N–H and O–H groups in total. The van der Waals surface area contributed by atoms with E-state index in [1.54, 1.807) is 0 Å². The van der Waals surface area contributed by atoms with Crippen molar-refractivity contribution in [2.75, 3.05) is 32.8 Å². The van der Waals surface area contributed by atoms with Gasteiger partial charge < -0.3 is 4.74 Å². The second kappa shape index (κ2) is 7.51. The SMILES string of the molecule is Cc1cccc(CN2CCO[C@H]3CN(CC4CCCCC4)C[C@H]32)n1. The summed E-state index contributed by atoms with van der Waals surface area (Å²) in [5.41, 5.74) is 2.31. The summed E-state index contributed by atoms with van der Waals surface area (Å²) in [7, 11) is 0. The molecule has 3 aliphatic rings. The number of hydrogen-bond acceptors (Lipinski definition) is 4. The van der Waals surface area contributed by atoms with Gasteiger partial charge in [-0.2, -0.15) is 0 Å². The van der Waals surface area contributed by atoms with Gasteiger partial charge in [0, 0.05) is 38.4 Å². The van der Waals surface area contributed by atoms with Crippen LogP contribution in [0, 0.1) is 12.8 Å². The van der Waals surface area contributed by atoms with Crippen LogP contribution >= 0.6 is 0 Å². The normalized spacial score (nSPS) is 29.7. The molecule has 0 amide bonds. The first kappa shape index (κ1) is 16.5. The summed E-state index contributed by atoms with van der Waals surface area (Å²) in [5.74, 6) is 0.922. The van der Waals surface area contributed by atoms with Crippen LogP contribution < -0.4 is 0 Å². The van der Waals surface area contributed by atoms with Crippen LogP contribution in [0.15, 0.2) is 18.2 Å². The van der Waals surface area contributed by atoms with Gasteiger partial charge >= 0.3 is 0 Å². The number of likely N-dealkylation sites (tertiary alicyclic amines) is 1. The number of morpholine rings is 1. The van der Waals surface area contributed by atoms with Gasteiger partial charge in [-0.15, -0.1) is 0 Å². The molecule has 4 nitrogen and oxygen atoms in total. The van der Waals surface area contributed by atoms with Gasteiger partial charge in [0.15, 0.2) is 0 Å². The standard InChI is InChI=1S/C20H31N3O/c1-16-6-5-9-18(21-16)13-23-10-11-24-20-15-22(14-19(20)23)12-17-7-3-2-4-8-17/h5-6,9,17,19-20H,2-4,7-8,10-15H2,1H3/t19-,20+/m1/s1. The summed E-state index contributed by atoms with van der Waals surface area (Å²) in [6.45, 7) is 8.52. The van der Waals surface area contributed by atoms with Crippen LogP contribution in [-0.2, 0) is 11.3 Å². The zero-order valence-corrected chi connectivity index (χ0v) is 15.0. The highest BCUT2D eigenvalue weighted by Gasteiger charge is 2.40. The molecule has 4 heteroatoms. The summed E-state index contributed by atoms with van der Waals surface area (Å²) >= 11 is 0. The van der Waals surface area contributed by atoms with Crippen molar-refractivity contribution in [1.82, 2.24) is 14.8 Å². The molecule has 0 spiro atoms. The lowest BCUT2D eigenvalue weighted by Gasteiger charge is -2.36. The van der Waals surface area contributed by atoms with Crippen LogP contribution in [0.25, 0.3) is 0 Å². The average Bonchev–Trinajstić information content (AvgIpc) is 2.99. The molecule has 1 aliphatic carbocycles. The van der Waals surface area contributed by atoms with E-state index in [-0.39, 0.29) is 0 Å². The molecular weight excluding hydrogens is 298 g/mol. The second-order valence-electron chi connectivity index (χ2n) is 7.94. The summed E-state index contributed by atoms with van der Waals surface area (Å²) in [5, 5.41) is 0. The van der Waals surface area contributed by atoms with Crippen molar-refractivity contribution in [3.05, 3.63) is 29.6 Å². The smallest absolute Gasteiger partial charge is 0.0870 e. The van der Waals surface area contributed by atoms with Gasteiger partial charge in [-0.05, 0) is 37.8 Å². The van der Waals surface area contributed by atoms with Gasteiger partial charge in [0.2, 0.25) is 0 Å². The Morgan fingerprint density at radius 2 is 2.04 bits per heavy atom. The molecule has 1 aromatic heterocycles. The maximum Gasteiger partial charge on any atom is 0.0870 e. The zero-order chi connectivity index (χ0) is 16.4. The molecule has 0 aromatic carbocycles. The van der Waals surface area contributed by atoms with Crippen molar-refractivity contribution < 1.29 is 4.74 Å². The number of pyridine rings is 1. The highest BCUT2D eigenvalue weighted by molar-refractivity contribution is 5.10. The zero-order valence-electron chi connectivity index (χ0n) is 15.0. The number of aromatic nitrogens is 1. The van der Waals surface area contributed by atoms with Crippen LogP contribution in [-0.4, -0.2) is 59.7 Å². The molecule has 2 saturated heterocycles. The molecule has 1 saturated carbocycles. The lowest BCUT2D eigenvalue weighted by Crippen LogP contribution is -2.50. The first-order valence-corrected chi connectivity index (χ1v) is 9.78. The Balaban J connectivity index is 1.37. The Bertz CT molecular complexity index is 543. The fraction of sp³-hybridized carbons (Fsp3) is 0.750. The van der Waals surface area contributed by atoms with Crippen LogP contribution in [0.1, 0.15) is 43.5 Å². The van der Waals surface area contributed by atoms with Crippen LogP contribution in [0.4, 0.5) is 0 Å². The largest absolute Gasteiger partial charge is 0.374 e. The van der Waals surface area contributed by atoms with E-state index in [2.05, 4.69) is 34.9 Å². The predicted octanol–water partition coefficient (Wildman–Crippen LogP) is 2.86. The van der Waals surface area contributed by atoms with Crippen molar-refractivity contribution in [3.63, 3.8) is 0 Å². The topological polar surface area (TPSA) is 28.6 Å². The lowest BCUT2D eigenvalue weighted by molar-refractivity contribution is -0.0508. The highest BCUT2D eigenvalue weighted by atomic mass is 16.5. The number of ether oxygens (including phenoxy) is 1. The fourth-order valence-corrected chi connectivity index (χ4v) is 4.81. The van der Waals surface area contributed by atoms with E-state index < -0.39 is 0 Å². The predicted molar refractivity (Wildman–Crippen MR) is 95.9 cm³/mol. The third-order valence-electron chi connectivity index (χ3n) is 6.04. The number of nitrogens with zero attached hydrogens (tertiary/aromatic N) is 3. The Morgan fingerprint density at radius 3 is 2.88 bits per heavy atom. The molecule has 132 valence electrons. The minimum Gasteiger partial charge on any atom is -0.374 e. The summed E-state index contributed by atoms with van der Waals surface area (Å²) in [4.78, 5) is 9.98. The maximum atomic E-state index is 6.11.